The number of fused-ring (bicyclic) bond motifs is 2. The number of thioether (sulfide) groups is 1. The maximum Gasteiger partial charge on any atom is 0.147 e. The molecule has 2 aliphatic heterocycles. The van der Waals surface area contributed by atoms with Crippen molar-refractivity contribution in [2.45, 2.75) is 41.8 Å². The van der Waals surface area contributed by atoms with Gasteiger partial charge in [0.15, 0.2) is 0 Å². The van der Waals surface area contributed by atoms with Crippen LogP contribution in [0, 0.1) is 5.82 Å². The molecule has 2 unspecified atom stereocenters. The molecule has 4 heteroatoms. The Balaban J connectivity index is 1.96. The minimum absolute atomic E-state index is 0.378. The number of aromatic nitrogens is 1. The molecule has 2 nitrogen and oxygen atoms in total. The van der Waals surface area contributed by atoms with Crippen LogP contribution in [0.4, 0.5) is 4.39 Å². The number of nitrogens with zero attached hydrogens (tertiary/aromatic N) is 1. The molecule has 2 fully saturated rings. The van der Waals surface area contributed by atoms with Gasteiger partial charge in [0.1, 0.15) is 5.82 Å². The summed E-state index contributed by atoms with van der Waals surface area (Å²) in [6, 6.07) is 1.62. The van der Waals surface area contributed by atoms with Gasteiger partial charge in [-0.15, -0.1) is 0 Å². The van der Waals surface area contributed by atoms with E-state index in [4.69, 9.17) is 0 Å². The van der Waals surface area contributed by atoms with E-state index >= 15 is 0 Å². The van der Waals surface area contributed by atoms with Crippen LogP contribution in [0.2, 0.25) is 0 Å². The highest BCUT2D eigenvalue weighted by Gasteiger charge is 2.45. The molecule has 16 heavy (non-hydrogen) atoms. The summed E-state index contributed by atoms with van der Waals surface area (Å²) >= 11 is 1.96. The molecule has 1 N–H and O–H groups in total. The summed E-state index contributed by atoms with van der Waals surface area (Å²) in [5.41, 5.74) is -0.538. The highest BCUT2D eigenvalue weighted by molar-refractivity contribution is 8.00. The lowest BCUT2D eigenvalue weighted by atomic mass is 9.86. The third-order valence-corrected chi connectivity index (χ3v) is 5.17. The highest BCUT2D eigenvalue weighted by atomic mass is 32.2. The Labute approximate surface area is 98.3 Å². The second-order valence-corrected chi connectivity index (χ2v) is 6.36. The fraction of sp³-hybridized carbons (Fsp3) is 0.583. The van der Waals surface area contributed by atoms with Crippen molar-refractivity contribution in [3.63, 3.8) is 0 Å². The smallest absolute Gasteiger partial charge is 0.147 e. The van der Waals surface area contributed by atoms with Crippen molar-refractivity contribution in [1.82, 2.24) is 4.98 Å². The summed E-state index contributed by atoms with van der Waals surface area (Å²) < 4.78 is 13.7. The van der Waals surface area contributed by atoms with E-state index in [1.165, 1.54) is 6.20 Å². The van der Waals surface area contributed by atoms with Crippen LogP contribution in [-0.4, -0.2) is 20.6 Å². The van der Waals surface area contributed by atoms with Gasteiger partial charge in [-0.25, -0.2) is 4.39 Å². The molecule has 2 saturated heterocycles. The van der Waals surface area contributed by atoms with E-state index < -0.39 is 5.60 Å². The first-order chi connectivity index (χ1) is 7.67. The van der Waals surface area contributed by atoms with E-state index in [1.807, 2.05) is 11.8 Å². The molecule has 1 aromatic heterocycles. The summed E-state index contributed by atoms with van der Waals surface area (Å²) in [7, 11) is 0. The Kier molecular flexibility index (Phi) is 2.44. The Morgan fingerprint density at radius 1 is 1.38 bits per heavy atom. The molecular weight excluding hydrogens is 225 g/mol. The van der Waals surface area contributed by atoms with E-state index in [2.05, 4.69) is 4.98 Å². The molecule has 0 spiro atoms. The van der Waals surface area contributed by atoms with Crippen molar-refractivity contribution in [1.29, 1.82) is 0 Å². The average Bonchev–Trinajstić information content (AvgIpc) is 2.59. The lowest BCUT2D eigenvalue weighted by Gasteiger charge is -2.36. The summed E-state index contributed by atoms with van der Waals surface area (Å²) in [4.78, 5) is 3.73. The van der Waals surface area contributed by atoms with Crippen LogP contribution in [0.15, 0.2) is 18.5 Å². The Bertz CT molecular complexity index is 400. The number of rotatable bonds is 1. The molecule has 0 amide bonds. The highest BCUT2D eigenvalue weighted by Crippen LogP contribution is 2.51. The van der Waals surface area contributed by atoms with Gasteiger partial charge in [-0.2, -0.15) is 11.8 Å². The second-order valence-electron chi connectivity index (χ2n) is 4.75. The van der Waals surface area contributed by atoms with E-state index in [0.29, 0.717) is 28.9 Å². The quantitative estimate of drug-likeness (QED) is 0.817. The first kappa shape index (κ1) is 10.5. The summed E-state index contributed by atoms with van der Waals surface area (Å²) in [5, 5.41) is 11.6. The van der Waals surface area contributed by atoms with Gasteiger partial charge in [0, 0.05) is 22.3 Å². The Morgan fingerprint density at radius 2 is 2.06 bits per heavy atom. The Hall–Kier alpha value is -0.610. The molecular formula is C12H14FNOS. The molecule has 0 saturated carbocycles. The van der Waals surface area contributed by atoms with Crippen molar-refractivity contribution < 1.29 is 9.50 Å². The van der Waals surface area contributed by atoms with Crippen molar-refractivity contribution in [2.75, 3.05) is 0 Å². The number of hydrogen-bond donors (Lipinski definition) is 1. The molecule has 86 valence electrons. The molecule has 2 aliphatic rings. The van der Waals surface area contributed by atoms with Crippen LogP contribution in [0.1, 0.15) is 31.2 Å². The van der Waals surface area contributed by atoms with Crippen LogP contribution in [0.25, 0.3) is 0 Å². The summed E-state index contributed by atoms with van der Waals surface area (Å²) in [5.74, 6) is -0.378. The minimum Gasteiger partial charge on any atom is -0.385 e. The molecule has 2 atom stereocenters. The standard InChI is InChI=1S/C12H14FNOS/c13-11-7-14-4-3-10(11)12(15)5-8-1-2-9(6-12)16-8/h3-4,7-9,15H,1-2,5-6H2. The maximum atomic E-state index is 13.7. The monoisotopic (exact) mass is 239 g/mol. The first-order valence-corrected chi connectivity index (χ1v) is 6.59. The van der Waals surface area contributed by atoms with Gasteiger partial charge in [0.25, 0.3) is 0 Å². The third kappa shape index (κ3) is 1.64. The predicted molar refractivity (Wildman–Crippen MR) is 61.7 cm³/mol. The molecule has 1 aromatic rings. The van der Waals surface area contributed by atoms with Gasteiger partial charge >= 0.3 is 0 Å². The lowest BCUT2D eigenvalue weighted by molar-refractivity contribution is 0.0161. The van der Waals surface area contributed by atoms with Crippen molar-refractivity contribution >= 4 is 11.8 Å². The van der Waals surface area contributed by atoms with Gasteiger partial charge in [0.05, 0.1) is 11.8 Å². The number of pyridine rings is 1. The van der Waals surface area contributed by atoms with Gasteiger partial charge in [-0.3, -0.25) is 4.98 Å². The fourth-order valence-corrected chi connectivity index (χ4v) is 4.72. The van der Waals surface area contributed by atoms with E-state index in [0.717, 1.165) is 12.8 Å². The summed E-state index contributed by atoms with van der Waals surface area (Å²) in [6.45, 7) is 0. The SMILES string of the molecule is OC1(c2ccncc2F)CC2CCC(C1)S2. The van der Waals surface area contributed by atoms with Crippen molar-refractivity contribution in [3.05, 3.63) is 29.8 Å². The normalized spacial score (nSPS) is 37.6. The second kappa shape index (κ2) is 3.70. The van der Waals surface area contributed by atoms with Gasteiger partial charge in [0.2, 0.25) is 0 Å². The zero-order valence-corrected chi connectivity index (χ0v) is 9.71. The first-order valence-electron chi connectivity index (χ1n) is 5.65. The zero-order chi connectivity index (χ0) is 11.2. The molecule has 3 heterocycles. The van der Waals surface area contributed by atoms with Gasteiger partial charge in [-0.05, 0) is 31.7 Å². The van der Waals surface area contributed by atoms with Gasteiger partial charge in [-0.1, -0.05) is 0 Å². The third-order valence-electron chi connectivity index (χ3n) is 3.60. The molecule has 0 aromatic carbocycles. The molecule has 0 aliphatic carbocycles. The predicted octanol–water partition coefficient (Wildman–Crippen LogP) is 2.47. The maximum absolute atomic E-state index is 13.7. The molecule has 0 radical (unpaired) electrons. The zero-order valence-electron chi connectivity index (χ0n) is 8.90. The van der Waals surface area contributed by atoms with Crippen LogP contribution in [0.5, 0.6) is 0 Å². The number of halogens is 1. The minimum atomic E-state index is -0.968. The number of hydrogen-bond acceptors (Lipinski definition) is 3. The lowest BCUT2D eigenvalue weighted by Crippen LogP contribution is -2.35. The Morgan fingerprint density at radius 3 is 2.69 bits per heavy atom. The van der Waals surface area contributed by atoms with Crippen molar-refractivity contribution in [2.24, 2.45) is 0 Å². The molecule has 2 bridgehead atoms. The number of aliphatic hydroxyl groups is 1. The van der Waals surface area contributed by atoms with E-state index in [-0.39, 0.29) is 5.82 Å². The average molecular weight is 239 g/mol. The van der Waals surface area contributed by atoms with Gasteiger partial charge < -0.3 is 5.11 Å². The van der Waals surface area contributed by atoms with Crippen LogP contribution in [-0.2, 0) is 5.60 Å². The summed E-state index contributed by atoms with van der Waals surface area (Å²) in [6.07, 6.45) is 6.41. The molecule has 3 rings (SSSR count). The topological polar surface area (TPSA) is 33.1 Å². The van der Waals surface area contributed by atoms with E-state index in [1.54, 1.807) is 12.3 Å². The van der Waals surface area contributed by atoms with Crippen molar-refractivity contribution in [3.8, 4) is 0 Å². The van der Waals surface area contributed by atoms with Crippen LogP contribution >= 0.6 is 11.8 Å². The van der Waals surface area contributed by atoms with E-state index in [9.17, 15) is 9.50 Å². The van der Waals surface area contributed by atoms with Crippen LogP contribution in [0.3, 0.4) is 0 Å². The largest absolute Gasteiger partial charge is 0.385 e. The fourth-order valence-electron chi connectivity index (χ4n) is 2.89. The van der Waals surface area contributed by atoms with Crippen LogP contribution < -0.4 is 0 Å².